The maximum atomic E-state index is 12.0. The van der Waals surface area contributed by atoms with Gasteiger partial charge >= 0.3 is 0 Å². The number of hydrogen-bond acceptors (Lipinski definition) is 2. The van der Waals surface area contributed by atoms with Gasteiger partial charge < -0.3 is 9.64 Å². The van der Waals surface area contributed by atoms with E-state index in [0.29, 0.717) is 11.3 Å². The van der Waals surface area contributed by atoms with Crippen LogP contribution in [0.3, 0.4) is 0 Å². The van der Waals surface area contributed by atoms with Crippen LogP contribution >= 0.6 is 9.24 Å². The summed E-state index contributed by atoms with van der Waals surface area (Å²) in [5.41, 5.74) is 0.644. The van der Waals surface area contributed by atoms with Crippen LogP contribution in [0.2, 0.25) is 0 Å². The zero-order valence-corrected chi connectivity index (χ0v) is 11.5. The van der Waals surface area contributed by atoms with E-state index in [9.17, 15) is 4.79 Å². The van der Waals surface area contributed by atoms with E-state index in [4.69, 9.17) is 12.6 Å². The molecule has 2 radical (unpaired) electrons. The molecule has 1 aromatic rings. The second-order valence-corrected chi connectivity index (χ2v) is 4.77. The average Bonchev–Trinajstić information content (AvgIpc) is 2.27. The number of carbonyl (C=O) groups excluding carboxylic acids is 1. The Bertz CT molecular complexity index is 379. The van der Waals surface area contributed by atoms with Crippen LogP contribution in [0, 0.1) is 0 Å². The van der Waals surface area contributed by atoms with Gasteiger partial charge in [-0.1, -0.05) is 0 Å². The SMILES string of the molecule is [B]C(P)Oc1ccc(C(=O)N(C)C(C)C)cc1. The molecule has 0 aliphatic rings. The number of nitrogens with zero attached hydrogens (tertiary/aromatic N) is 1. The van der Waals surface area contributed by atoms with E-state index in [-0.39, 0.29) is 11.9 Å². The van der Waals surface area contributed by atoms with Crippen molar-refractivity contribution in [2.75, 3.05) is 7.05 Å². The molecule has 0 saturated heterocycles. The lowest BCUT2D eigenvalue weighted by Crippen LogP contribution is -2.32. The molecule has 2 unspecified atom stereocenters. The highest BCUT2D eigenvalue weighted by Gasteiger charge is 2.14. The van der Waals surface area contributed by atoms with Gasteiger partial charge in [0.05, 0.1) is 5.74 Å². The van der Waals surface area contributed by atoms with Crippen molar-refractivity contribution >= 4 is 23.0 Å². The highest BCUT2D eigenvalue weighted by Crippen LogP contribution is 2.16. The van der Waals surface area contributed by atoms with Crippen LogP contribution in [0.1, 0.15) is 24.2 Å². The number of hydrogen-bond donors (Lipinski definition) is 0. The Morgan fingerprint density at radius 1 is 1.35 bits per heavy atom. The van der Waals surface area contributed by atoms with Crippen molar-refractivity contribution in [2.24, 2.45) is 0 Å². The second kappa shape index (κ2) is 6.06. The minimum atomic E-state index is -0.435. The Morgan fingerprint density at radius 3 is 2.29 bits per heavy atom. The van der Waals surface area contributed by atoms with Gasteiger partial charge in [-0.3, -0.25) is 4.79 Å². The topological polar surface area (TPSA) is 29.5 Å². The number of amides is 1. The minimum absolute atomic E-state index is 0.00159. The minimum Gasteiger partial charge on any atom is -0.497 e. The van der Waals surface area contributed by atoms with Crippen molar-refractivity contribution in [1.29, 1.82) is 0 Å². The van der Waals surface area contributed by atoms with Gasteiger partial charge in [-0.05, 0) is 38.1 Å². The van der Waals surface area contributed by atoms with Crippen LogP contribution < -0.4 is 4.74 Å². The molecule has 1 aromatic carbocycles. The van der Waals surface area contributed by atoms with Crippen molar-refractivity contribution in [3.05, 3.63) is 29.8 Å². The molecule has 0 aliphatic heterocycles. The van der Waals surface area contributed by atoms with Crippen LogP contribution in [-0.4, -0.2) is 37.5 Å². The maximum Gasteiger partial charge on any atom is 0.253 e. The van der Waals surface area contributed by atoms with Crippen molar-refractivity contribution in [2.45, 2.75) is 25.6 Å². The van der Waals surface area contributed by atoms with Crippen LogP contribution in [0.15, 0.2) is 24.3 Å². The summed E-state index contributed by atoms with van der Waals surface area (Å²) in [4.78, 5) is 13.7. The first-order chi connectivity index (χ1) is 7.91. The summed E-state index contributed by atoms with van der Waals surface area (Å²) < 4.78 is 5.27. The Balaban J connectivity index is 2.77. The quantitative estimate of drug-likeness (QED) is 0.602. The predicted octanol–water partition coefficient (Wildman–Crippen LogP) is 1.87. The summed E-state index contributed by atoms with van der Waals surface area (Å²) in [5.74, 6) is 0.216. The zero-order valence-electron chi connectivity index (χ0n) is 10.4. The third-order valence-electron chi connectivity index (χ3n) is 2.47. The number of rotatable bonds is 4. The standard InChI is InChI=1S/C12H17BNO2P/c1-8(2)14(3)11(15)9-4-6-10(7-5-9)16-12(13)17/h4-8,12H,17H2,1-3H3. The molecule has 1 amide bonds. The lowest BCUT2D eigenvalue weighted by atomic mass is 10.1. The van der Waals surface area contributed by atoms with Gasteiger partial charge in [0.2, 0.25) is 0 Å². The third-order valence-corrected chi connectivity index (χ3v) is 2.60. The lowest BCUT2D eigenvalue weighted by molar-refractivity contribution is 0.0755. The molecule has 3 nitrogen and oxygen atoms in total. The Hall–Kier alpha value is -1.02. The molecule has 1 rings (SSSR count). The van der Waals surface area contributed by atoms with Crippen LogP contribution in [0.4, 0.5) is 0 Å². The van der Waals surface area contributed by atoms with Gasteiger partial charge in [-0.15, -0.1) is 9.24 Å². The summed E-state index contributed by atoms with van der Waals surface area (Å²) in [6.07, 6.45) is 0. The summed E-state index contributed by atoms with van der Waals surface area (Å²) >= 11 is 0. The van der Waals surface area contributed by atoms with Gasteiger partial charge in [0.15, 0.2) is 0 Å². The fourth-order valence-corrected chi connectivity index (χ4v) is 1.43. The van der Waals surface area contributed by atoms with E-state index in [1.165, 1.54) is 0 Å². The molecule has 0 spiro atoms. The Kier molecular flexibility index (Phi) is 5.01. The zero-order chi connectivity index (χ0) is 13.0. The highest BCUT2D eigenvalue weighted by molar-refractivity contribution is 7.20. The van der Waals surface area contributed by atoms with Gasteiger partial charge in [-0.25, -0.2) is 0 Å². The molecule has 0 aromatic heterocycles. The van der Waals surface area contributed by atoms with Crippen molar-refractivity contribution in [3.8, 4) is 5.75 Å². The summed E-state index contributed by atoms with van der Waals surface area (Å²) in [6, 6.07) is 7.14. The number of benzene rings is 1. The lowest BCUT2D eigenvalue weighted by Gasteiger charge is -2.21. The monoisotopic (exact) mass is 249 g/mol. The molecule has 17 heavy (non-hydrogen) atoms. The Labute approximate surface area is 106 Å². The third kappa shape index (κ3) is 4.05. The average molecular weight is 249 g/mol. The van der Waals surface area contributed by atoms with Gasteiger partial charge in [0, 0.05) is 18.7 Å². The van der Waals surface area contributed by atoms with Crippen LogP contribution in [-0.2, 0) is 0 Å². The first-order valence-electron chi connectivity index (χ1n) is 5.47. The summed E-state index contributed by atoms with van der Waals surface area (Å²) in [5, 5.41) is 0. The van der Waals surface area contributed by atoms with E-state index < -0.39 is 5.74 Å². The highest BCUT2D eigenvalue weighted by atomic mass is 31.0. The van der Waals surface area contributed by atoms with E-state index >= 15 is 0 Å². The van der Waals surface area contributed by atoms with E-state index in [2.05, 4.69) is 9.24 Å². The van der Waals surface area contributed by atoms with Crippen LogP contribution in [0.25, 0.3) is 0 Å². The molecule has 0 bridgehead atoms. The van der Waals surface area contributed by atoms with Gasteiger partial charge in [0.25, 0.3) is 5.91 Å². The molecular formula is C12H17BNO2P. The van der Waals surface area contributed by atoms with E-state index in [0.717, 1.165) is 0 Å². The summed E-state index contributed by atoms with van der Waals surface area (Å²) in [6.45, 7) is 3.95. The molecule has 0 fully saturated rings. The molecule has 2 atom stereocenters. The van der Waals surface area contributed by atoms with Gasteiger partial charge in [-0.2, -0.15) is 0 Å². The summed E-state index contributed by atoms with van der Waals surface area (Å²) in [7, 11) is 9.61. The van der Waals surface area contributed by atoms with Crippen molar-refractivity contribution in [1.82, 2.24) is 4.90 Å². The number of carbonyl (C=O) groups is 1. The molecule has 0 N–H and O–H groups in total. The van der Waals surface area contributed by atoms with Crippen molar-refractivity contribution < 1.29 is 9.53 Å². The van der Waals surface area contributed by atoms with Gasteiger partial charge in [0.1, 0.15) is 13.6 Å². The fraction of sp³-hybridized carbons (Fsp3) is 0.417. The number of ether oxygens (including phenoxy) is 1. The molecule has 5 heteroatoms. The molecular weight excluding hydrogens is 232 g/mol. The van der Waals surface area contributed by atoms with E-state index in [1.54, 1.807) is 36.2 Å². The fourth-order valence-electron chi connectivity index (χ4n) is 1.27. The van der Waals surface area contributed by atoms with E-state index in [1.807, 2.05) is 13.8 Å². The maximum absolute atomic E-state index is 12.0. The Morgan fingerprint density at radius 2 is 1.88 bits per heavy atom. The largest absolute Gasteiger partial charge is 0.497 e. The molecule has 0 aliphatic carbocycles. The first kappa shape index (κ1) is 14.0. The second-order valence-electron chi connectivity index (χ2n) is 4.12. The molecule has 0 saturated carbocycles. The predicted molar refractivity (Wildman–Crippen MR) is 73.6 cm³/mol. The molecule has 90 valence electrons. The van der Waals surface area contributed by atoms with Crippen LogP contribution in [0.5, 0.6) is 5.75 Å². The first-order valence-corrected chi connectivity index (χ1v) is 6.13. The molecule has 0 heterocycles. The smallest absolute Gasteiger partial charge is 0.253 e. The normalized spacial score (nSPS) is 12.3. The van der Waals surface area contributed by atoms with Crippen molar-refractivity contribution in [3.63, 3.8) is 0 Å².